The van der Waals surface area contributed by atoms with Crippen LogP contribution in [0, 0.1) is 6.92 Å². The lowest BCUT2D eigenvalue weighted by atomic mass is 10.1. The van der Waals surface area contributed by atoms with Crippen LogP contribution in [0.2, 0.25) is 0 Å². The van der Waals surface area contributed by atoms with Gasteiger partial charge in [0.15, 0.2) is 0 Å². The largest absolute Gasteiger partial charge is 0.359 e. The lowest BCUT2D eigenvalue weighted by Crippen LogP contribution is -2.02. The van der Waals surface area contributed by atoms with Crippen LogP contribution in [0.4, 0.5) is 0 Å². The van der Waals surface area contributed by atoms with Crippen molar-refractivity contribution in [1.29, 1.82) is 0 Å². The highest BCUT2D eigenvalue weighted by atomic mass is 32.1. The molecular weight excluding hydrogens is 220 g/mol. The lowest BCUT2D eigenvalue weighted by molar-refractivity contribution is -0.0656. The van der Waals surface area contributed by atoms with Crippen LogP contribution < -0.4 is 0 Å². The second-order valence-corrected chi connectivity index (χ2v) is 4.89. The van der Waals surface area contributed by atoms with Crippen molar-refractivity contribution in [3.63, 3.8) is 0 Å². The molecule has 0 amide bonds. The minimum absolute atomic E-state index is 0.0948. The Balaban J connectivity index is 2.33. The van der Waals surface area contributed by atoms with E-state index in [1.165, 1.54) is 20.5 Å². The molecular formula is C13H16O2S. The summed E-state index contributed by atoms with van der Waals surface area (Å²) in [5.74, 6) is 0. The zero-order chi connectivity index (χ0) is 11.5. The molecule has 3 heteroatoms. The van der Waals surface area contributed by atoms with E-state index < -0.39 is 0 Å². The Kier molecular flexibility index (Phi) is 3.59. The molecule has 0 radical (unpaired) electrons. The van der Waals surface area contributed by atoms with E-state index in [-0.39, 0.29) is 6.10 Å². The number of benzene rings is 1. The van der Waals surface area contributed by atoms with Gasteiger partial charge in [-0.2, -0.15) is 0 Å². The number of aryl methyl sites for hydroxylation is 1. The van der Waals surface area contributed by atoms with Crippen molar-refractivity contribution < 1.29 is 9.47 Å². The molecule has 2 nitrogen and oxygen atoms in total. The summed E-state index contributed by atoms with van der Waals surface area (Å²) in [6.45, 7) is 4.56. The summed E-state index contributed by atoms with van der Waals surface area (Å²) in [7, 11) is 1.64. The first-order valence-electron chi connectivity index (χ1n) is 5.32. The van der Waals surface area contributed by atoms with Crippen LogP contribution in [0.3, 0.4) is 0 Å². The number of methoxy groups -OCH3 is 1. The number of hydrogen-bond donors (Lipinski definition) is 0. The van der Waals surface area contributed by atoms with Gasteiger partial charge in [-0.25, -0.2) is 0 Å². The molecule has 1 aromatic carbocycles. The zero-order valence-corrected chi connectivity index (χ0v) is 10.6. The van der Waals surface area contributed by atoms with E-state index in [2.05, 4.69) is 38.1 Å². The maximum atomic E-state index is 5.58. The Morgan fingerprint density at radius 3 is 2.75 bits per heavy atom. The van der Waals surface area contributed by atoms with E-state index in [4.69, 9.17) is 9.47 Å². The smallest absolute Gasteiger partial charge is 0.147 e. The van der Waals surface area contributed by atoms with Crippen molar-refractivity contribution in [2.45, 2.75) is 20.0 Å². The molecule has 2 rings (SSSR count). The highest BCUT2D eigenvalue weighted by molar-refractivity contribution is 7.19. The normalized spacial score (nSPS) is 13.2. The second-order valence-electron chi connectivity index (χ2n) is 3.80. The summed E-state index contributed by atoms with van der Waals surface area (Å²) in [5, 5.41) is 1.33. The molecule has 1 heterocycles. The second kappa shape index (κ2) is 4.95. The van der Waals surface area contributed by atoms with E-state index >= 15 is 0 Å². The highest BCUT2D eigenvalue weighted by Gasteiger charge is 2.14. The predicted octanol–water partition coefficient (Wildman–Crippen LogP) is 3.89. The van der Waals surface area contributed by atoms with Crippen molar-refractivity contribution in [3.8, 4) is 0 Å². The van der Waals surface area contributed by atoms with E-state index in [0.29, 0.717) is 6.79 Å². The van der Waals surface area contributed by atoms with Gasteiger partial charge in [0.05, 0.1) is 6.10 Å². The van der Waals surface area contributed by atoms with Gasteiger partial charge in [-0.05, 0) is 30.9 Å². The quantitative estimate of drug-likeness (QED) is 0.750. The molecule has 1 aromatic heterocycles. The van der Waals surface area contributed by atoms with E-state index in [1.54, 1.807) is 18.4 Å². The van der Waals surface area contributed by atoms with Gasteiger partial charge in [-0.3, -0.25) is 0 Å². The number of thiophene rings is 1. The predicted molar refractivity (Wildman–Crippen MR) is 67.9 cm³/mol. The fraction of sp³-hybridized carbons (Fsp3) is 0.385. The maximum absolute atomic E-state index is 5.58. The average Bonchev–Trinajstić information content (AvgIpc) is 2.64. The third-order valence-corrected chi connectivity index (χ3v) is 4.12. The molecule has 0 aliphatic carbocycles. The van der Waals surface area contributed by atoms with E-state index in [1.807, 2.05) is 0 Å². The third kappa shape index (κ3) is 2.12. The molecule has 0 aliphatic rings. The number of rotatable bonds is 4. The molecule has 16 heavy (non-hydrogen) atoms. The molecule has 0 fully saturated rings. The molecule has 0 saturated carbocycles. The van der Waals surface area contributed by atoms with Gasteiger partial charge in [-0.15, -0.1) is 11.3 Å². The monoisotopic (exact) mass is 236 g/mol. The Labute approximate surface area is 99.8 Å². The highest BCUT2D eigenvalue weighted by Crippen LogP contribution is 2.35. The van der Waals surface area contributed by atoms with E-state index in [0.717, 1.165) is 0 Å². The van der Waals surface area contributed by atoms with Gasteiger partial charge in [0.2, 0.25) is 0 Å². The van der Waals surface area contributed by atoms with Crippen molar-refractivity contribution in [3.05, 3.63) is 34.7 Å². The lowest BCUT2D eigenvalue weighted by Gasteiger charge is -2.11. The van der Waals surface area contributed by atoms with Crippen LogP contribution >= 0.6 is 11.3 Å². The first kappa shape index (κ1) is 11.6. The van der Waals surface area contributed by atoms with Crippen LogP contribution in [0.25, 0.3) is 10.1 Å². The Morgan fingerprint density at radius 2 is 2.06 bits per heavy atom. The molecule has 0 saturated heterocycles. The van der Waals surface area contributed by atoms with Gasteiger partial charge in [0.25, 0.3) is 0 Å². The van der Waals surface area contributed by atoms with Crippen molar-refractivity contribution in [2.75, 3.05) is 13.9 Å². The zero-order valence-electron chi connectivity index (χ0n) is 9.82. The topological polar surface area (TPSA) is 18.5 Å². The summed E-state index contributed by atoms with van der Waals surface area (Å²) in [4.78, 5) is 1.29. The Hall–Kier alpha value is -0.900. The number of ether oxygens (including phenoxy) is 2. The summed E-state index contributed by atoms with van der Waals surface area (Å²) in [5.41, 5.74) is 1.32. The summed E-state index contributed by atoms with van der Waals surface area (Å²) >= 11 is 1.80. The van der Waals surface area contributed by atoms with Crippen LogP contribution in [0.5, 0.6) is 0 Å². The minimum atomic E-state index is 0.0948. The molecule has 2 aromatic rings. The number of hydrogen-bond acceptors (Lipinski definition) is 3. The van der Waals surface area contributed by atoms with Crippen molar-refractivity contribution in [1.82, 2.24) is 0 Å². The molecule has 0 spiro atoms. The van der Waals surface area contributed by atoms with E-state index in [9.17, 15) is 0 Å². The van der Waals surface area contributed by atoms with Crippen molar-refractivity contribution in [2.24, 2.45) is 0 Å². The molecule has 0 bridgehead atoms. The van der Waals surface area contributed by atoms with Crippen LogP contribution in [-0.4, -0.2) is 13.9 Å². The molecule has 86 valence electrons. The van der Waals surface area contributed by atoms with Crippen molar-refractivity contribution >= 4 is 21.4 Å². The molecule has 0 aliphatic heterocycles. The third-order valence-electron chi connectivity index (χ3n) is 2.69. The molecule has 0 N–H and O–H groups in total. The summed E-state index contributed by atoms with van der Waals surface area (Å²) in [6, 6.07) is 8.46. The van der Waals surface area contributed by atoms with Crippen LogP contribution in [-0.2, 0) is 9.47 Å². The minimum Gasteiger partial charge on any atom is -0.359 e. The van der Waals surface area contributed by atoms with Crippen LogP contribution in [0.15, 0.2) is 24.3 Å². The van der Waals surface area contributed by atoms with Gasteiger partial charge in [0.1, 0.15) is 6.79 Å². The first-order valence-corrected chi connectivity index (χ1v) is 6.14. The fourth-order valence-corrected chi connectivity index (χ4v) is 3.04. The van der Waals surface area contributed by atoms with Crippen LogP contribution in [0.1, 0.15) is 23.5 Å². The Morgan fingerprint density at radius 1 is 1.31 bits per heavy atom. The average molecular weight is 236 g/mol. The summed E-state index contributed by atoms with van der Waals surface area (Å²) in [6.07, 6.45) is 0.0948. The molecule has 1 atom stereocenters. The standard InChI is InChI=1S/C13H16O2S/c1-9-11-6-4-5-7-12(11)16-13(9)10(2)15-8-14-3/h4-7,10H,8H2,1-3H3. The fourth-order valence-electron chi connectivity index (χ4n) is 1.83. The maximum Gasteiger partial charge on any atom is 0.147 e. The van der Waals surface area contributed by atoms with Gasteiger partial charge in [0, 0.05) is 16.7 Å². The Bertz CT molecular complexity index is 476. The first-order chi connectivity index (χ1) is 7.74. The van der Waals surface area contributed by atoms with Gasteiger partial charge < -0.3 is 9.47 Å². The SMILES string of the molecule is COCOC(C)c1sc2ccccc2c1C. The van der Waals surface area contributed by atoms with Gasteiger partial charge in [-0.1, -0.05) is 18.2 Å². The number of fused-ring (bicyclic) bond motifs is 1. The van der Waals surface area contributed by atoms with Gasteiger partial charge >= 0.3 is 0 Å². The summed E-state index contributed by atoms with van der Waals surface area (Å²) < 4.78 is 11.8. The molecule has 1 unspecified atom stereocenters.